The molecule has 0 atom stereocenters. The number of imidazole rings is 1. The highest BCUT2D eigenvalue weighted by molar-refractivity contribution is 5.74. The molecule has 68 valence electrons. The molecule has 1 aromatic carbocycles. The van der Waals surface area contributed by atoms with Crippen LogP contribution in [-0.2, 0) is 0 Å². The van der Waals surface area contributed by atoms with Crippen LogP contribution < -0.4 is 4.84 Å². The molecule has 0 N–H and O–H groups in total. The first kappa shape index (κ1) is 7.97. The summed E-state index contributed by atoms with van der Waals surface area (Å²) in [5, 5.41) is 0. The number of benzene rings is 1. The van der Waals surface area contributed by atoms with Crippen molar-refractivity contribution in [1.29, 1.82) is 0 Å². The summed E-state index contributed by atoms with van der Waals surface area (Å²) < 4.78 is 24.7. The van der Waals surface area contributed by atoms with Crippen LogP contribution in [-0.4, -0.2) is 16.3 Å². The molecule has 0 aliphatic heterocycles. The van der Waals surface area contributed by atoms with Crippen molar-refractivity contribution in [2.45, 2.75) is 6.61 Å². The molecule has 0 saturated carbocycles. The maximum Gasteiger partial charge on any atom is 0.405 e. The number of hydrogen-bond donors (Lipinski definition) is 0. The minimum atomic E-state index is -2.84. The number of para-hydroxylation sites is 2. The SMILES string of the molecule is FC(F)On1cnc2ccccc21. The summed E-state index contributed by atoms with van der Waals surface area (Å²) in [6.07, 6.45) is 1.22. The maximum absolute atomic E-state index is 11.9. The van der Waals surface area contributed by atoms with Gasteiger partial charge in [-0.2, -0.15) is 13.5 Å². The highest BCUT2D eigenvalue weighted by Gasteiger charge is 2.07. The molecular formula is C8H6F2N2O. The number of alkyl halides is 2. The van der Waals surface area contributed by atoms with Gasteiger partial charge < -0.3 is 4.84 Å². The Bertz CT molecular complexity index is 413. The summed E-state index contributed by atoms with van der Waals surface area (Å²) in [6, 6.07) is 6.89. The summed E-state index contributed by atoms with van der Waals surface area (Å²) >= 11 is 0. The van der Waals surface area contributed by atoms with Crippen molar-refractivity contribution in [3.8, 4) is 0 Å². The van der Waals surface area contributed by atoms with Crippen LogP contribution in [0.25, 0.3) is 11.0 Å². The van der Waals surface area contributed by atoms with E-state index in [4.69, 9.17) is 0 Å². The van der Waals surface area contributed by atoms with E-state index in [9.17, 15) is 8.78 Å². The van der Waals surface area contributed by atoms with Gasteiger partial charge in [-0.3, -0.25) is 0 Å². The van der Waals surface area contributed by atoms with E-state index in [1.807, 2.05) is 0 Å². The van der Waals surface area contributed by atoms with Crippen LogP contribution in [0.5, 0.6) is 0 Å². The van der Waals surface area contributed by atoms with E-state index < -0.39 is 6.61 Å². The molecule has 0 amide bonds. The Morgan fingerprint density at radius 3 is 2.85 bits per heavy atom. The Hall–Kier alpha value is -1.65. The lowest BCUT2D eigenvalue weighted by Crippen LogP contribution is -2.15. The van der Waals surface area contributed by atoms with Crippen molar-refractivity contribution in [3.05, 3.63) is 30.6 Å². The molecule has 0 aliphatic carbocycles. The van der Waals surface area contributed by atoms with Gasteiger partial charge in [-0.15, -0.1) is 0 Å². The lowest BCUT2D eigenvalue weighted by Gasteiger charge is -2.03. The van der Waals surface area contributed by atoms with Crippen molar-refractivity contribution >= 4 is 11.0 Å². The van der Waals surface area contributed by atoms with Gasteiger partial charge in [0.2, 0.25) is 0 Å². The van der Waals surface area contributed by atoms with E-state index in [0.717, 1.165) is 4.73 Å². The smallest absolute Gasteiger partial charge is 0.342 e. The topological polar surface area (TPSA) is 27.1 Å². The van der Waals surface area contributed by atoms with Crippen molar-refractivity contribution in [1.82, 2.24) is 9.71 Å². The van der Waals surface area contributed by atoms with Gasteiger partial charge in [-0.05, 0) is 12.1 Å². The van der Waals surface area contributed by atoms with Crippen molar-refractivity contribution in [2.24, 2.45) is 0 Å². The minimum absolute atomic E-state index is 0.530. The number of halogens is 2. The molecule has 0 saturated heterocycles. The van der Waals surface area contributed by atoms with Crippen molar-refractivity contribution < 1.29 is 13.6 Å². The molecular weight excluding hydrogens is 178 g/mol. The Labute approximate surface area is 72.5 Å². The standard InChI is InChI=1S/C8H6F2N2O/c9-8(10)13-12-5-11-6-3-1-2-4-7(6)12/h1-5,8H. The average Bonchev–Trinajstić information content (AvgIpc) is 2.48. The first-order valence-electron chi connectivity index (χ1n) is 3.65. The zero-order valence-electron chi connectivity index (χ0n) is 6.52. The normalized spacial score (nSPS) is 11.0. The van der Waals surface area contributed by atoms with E-state index in [0.29, 0.717) is 11.0 Å². The molecule has 0 spiro atoms. The van der Waals surface area contributed by atoms with Gasteiger partial charge in [0.1, 0.15) is 11.8 Å². The van der Waals surface area contributed by atoms with Gasteiger partial charge in [-0.1, -0.05) is 12.1 Å². The quantitative estimate of drug-likeness (QED) is 0.710. The third-order valence-corrected chi connectivity index (χ3v) is 1.61. The predicted molar refractivity (Wildman–Crippen MR) is 42.3 cm³/mol. The van der Waals surface area contributed by atoms with Crippen LogP contribution in [0.4, 0.5) is 8.78 Å². The number of aromatic nitrogens is 2. The van der Waals surface area contributed by atoms with E-state index in [2.05, 4.69) is 9.82 Å². The van der Waals surface area contributed by atoms with Crippen molar-refractivity contribution in [2.75, 3.05) is 0 Å². The fourth-order valence-corrected chi connectivity index (χ4v) is 1.11. The summed E-state index contributed by atoms with van der Waals surface area (Å²) in [5.41, 5.74) is 1.16. The maximum atomic E-state index is 11.9. The largest absolute Gasteiger partial charge is 0.405 e. The first-order chi connectivity index (χ1) is 6.27. The molecule has 1 aromatic heterocycles. The lowest BCUT2D eigenvalue weighted by atomic mass is 10.3. The van der Waals surface area contributed by atoms with Gasteiger partial charge in [0, 0.05) is 0 Å². The molecule has 3 nitrogen and oxygen atoms in total. The van der Waals surface area contributed by atoms with E-state index in [1.54, 1.807) is 24.3 Å². The number of nitrogens with zero attached hydrogens (tertiary/aromatic N) is 2. The van der Waals surface area contributed by atoms with Gasteiger partial charge >= 0.3 is 6.61 Å². The molecule has 0 aliphatic rings. The lowest BCUT2D eigenvalue weighted by molar-refractivity contribution is -0.129. The zero-order valence-corrected chi connectivity index (χ0v) is 6.52. The molecule has 0 bridgehead atoms. The Morgan fingerprint density at radius 2 is 2.08 bits per heavy atom. The van der Waals surface area contributed by atoms with Crippen LogP contribution in [0.2, 0.25) is 0 Å². The first-order valence-corrected chi connectivity index (χ1v) is 3.65. The highest BCUT2D eigenvalue weighted by atomic mass is 19.3. The van der Waals surface area contributed by atoms with E-state index in [-0.39, 0.29) is 0 Å². The number of hydrogen-bond acceptors (Lipinski definition) is 2. The molecule has 0 fully saturated rings. The molecule has 1 heterocycles. The van der Waals surface area contributed by atoms with Crippen LogP contribution in [0, 0.1) is 0 Å². The second-order valence-corrected chi connectivity index (χ2v) is 2.43. The van der Waals surface area contributed by atoms with Crippen LogP contribution in [0.15, 0.2) is 30.6 Å². The van der Waals surface area contributed by atoms with Gasteiger partial charge in [0.25, 0.3) is 0 Å². The molecule has 2 rings (SSSR count). The van der Waals surface area contributed by atoms with Crippen LogP contribution in [0.3, 0.4) is 0 Å². The summed E-state index contributed by atoms with van der Waals surface area (Å²) in [5.74, 6) is 0. The summed E-state index contributed by atoms with van der Waals surface area (Å²) in [7, 11) is 0. The minimum Gasteiger partial charge on any atom is -0.342 e. The number of rotatable bonds is 2. The highest BCUT2D eigenvalue weighted by Crippen LogP contribution is 2.10. The third kappa shape index (κ3) is 1.44. The predicted octanol–water partition coefficient (Wildman–Crippen LogP) is 1.69. The van der Waals surface area contributed by atoms with Crippen molar-refractivity contribution in [3.63, 3.8) is 0 Å². The third-order valence-electron chi connectivity index (χ3n) is 1.61. The second kappa shape index (κ2) is 3.01. The van der Waals surface area contributed by atoms with E-state index >= 15 is 0 Å². The zero-order chi connectivity index (χ0) is 9.26. The molecule has 13 heavy (non-hydrogen) atoms. The second-order valence-electron chi connectivity index (χ2n) is 2.43. The number of fused-ring (bicyclic) bond motifs is 1. The molecule has 2 aromatic rings. The Balaban J connectivity index is 2.46. The van der Waals surface area contributed by atoms with Gasteiger partial charge in [0.05, 0.1) is 5.52 Å². The van der Waals surface area contributed by atoms with Crippen LogP contribution >= 0.6 is 0 Å². The average molecular weight is 184 g/mol. The monoisotopic (exact) mass is 184 g/mol. The molecule has 5 heteroatoms. The van der Waals surface area contributed by atoms with E-state index in [1.165, 1.54) is 6.33 Å². The molecule has 0 unspecified atom stereocenters. The summed E-state index contributed by atoms with van der Waals surface area (Å²) in [4.78, 5) is 8.06. The molecule has 0 radical (unpaired) electrons. The Morgan fingerprint density at radius 1 is 1.31 bits per heavy atom. The fourth-order valence-electron chi connectivity index (χ4n) is 1.11. The van der Waals surface area contributed by atoms with Crippen LogP contribution in [0.1, 0.15) is 0 Å². The van der Waals surface area contributed by atoms with Gasteiger partial charge in [-0.25, -0.2) is 4.98 Å². The Kier molecular flexibility index (Phi) is 1.84. The van der Waals surface area contributed by atoms with Gasteiger partial charge in [0.15, 0.2) is 0 Å². The summed E-state index contributed by atoms with van der Waals surface area (Å²) in [6.45, 7) is -2.84. The fraction of sp³-hybridized carbons (Fsp3) is 0.125.